The largest absolute Gasteiger partial charge is 0.497 e. The number of morpholine rings is 1. The molecule has 0 unspecified atom stereocenters. The van der Waals surface area contributed by atoms with E-state index in [1.54, 1.807) is 7.11 Å². The Morgan fingerprint density at radius 2 is 1.87 bits per heavy atom. The summed E-state index contributed by atoms with van der Waals surface area (Å²) < 4.78 is 49.3. The summed E-state index contributed by atoms with van der Waals surface area (Å²) >= 11 is 0. The van der Waals surface area contributed by atoms with Crippen LogP contribution in [-0.2, 0) is 22.1 Å². The highest BCUT2D eigenvalue weighted by Crippen LogP contribution is 2.29. The zero-order valence-corrected chi connectivity index (χ0v) is 16.8. The van der Waals surface area contributed by atoms with Gasteiger partial charge in [0.25, 0.3) is 0 Å². The van der Waals surface area contributed by atoms with Gasteiger partial charge in [0.2, 0.25) is 5.91 Å². The molecule has 0 bridgehead atoms. The first-order chi connectivity index (χ1) is 14.4. The lowest BCUT2D eigenvalue weighted by molar-refractivity contribution is -0.937. The van der Waals surface area contributed by atoms with Crippen LogP contribution in [-0.4, -0.2) is 45.9 Å². The van der Waals surface area contributed by atoms with Gasteiger partial charge in [-0.05, 0) is 35.9 Å². The summed E-state index contributed by atoms with van der Waals surface area (Å²) in [5, 5.41) is 2.90. The van der Waals surface area contributed by atoms with Gasteiger partial charge in [0.1, 0.15) is 24.9 Å². The van der Waals surface area contributed by atoms with Crippen LogP contribution in [0.3, 0.4) is 0 Å². The molecular weight excluding hydrogens is 397 g/mol. The third kappa shape index (κ3) is 5.96. The highest BCUT2D eigenvalue weighted by atomic mass is 19.4. The highest BCUT2D eigenvalue weighted by molar-refractivity contribution is 5.78. The minimum atomic E-state index is -4.42. The average Bonchev–Trinajstić information content (AvgIpc) is 2.75. The van der Waals surface area contributed by atoms with Crippen LogP contribution in [0.2, 0.25) is 0 Å². The zero-order valence-electron chi connectivity index (χ0n) is 16.8. The number of quaternary nitrogens is 1. The van der Waals surface area contributed by atoms with Crippen LogP contribution in [0.5, 0.6) is 5.75 Å². The third-order valence-corrected chi connectivity index (χ3v) is 5.27. The molecule has 0 aliphatic carbocycles. The number of halogens is 3. The second kappa shape index (κ2) is 9.95. The minimum Gasteiger partial charge on any atom is -0.497 e. The molecule has 1 amide bonds. The fraction of sp³-hybridized carbons (Fsp3) is 0.409. The van der Waals surface area contributed by atoms with E-state index in [4.69, 9.17) is 9.47 Å². The van der Waals surface area contributed by atoms with E-state index >= 15 is 0 Å². The second-order valence-corrected chi connectivity index (χ2v) is 7.28. The van der Waals surface area contributed by atoms with Gasteiger partial charge in [-0.1, -0.05) is 18.2 Å². The Bertz CT molecular complexity index is 834. The van der Waals surface area contributed by atoms with Gasteiger partial charge in [0.05, 0.1) is 38.9 Å². The van der Waals surface area contributed by atoms with Gasteiger partial charge in [-0.2, -0.15) is 13.2 Å². The standard InChI is InChI=1S/C22H25F3N2O3/c1-29-19-7-5-17(6-8-19)20(27-9-11-30-12-10-27)15-26-21(28)14-16-3-2-4-18(13-16)22(23,24)25/h2-8,13,20H,9-12,14-15H2,1H3,(H,26,28)/p+1/t20-/m1/s1. The molecule has 0 spiro atoms. The van der Waals surface area contributed by atoms with Crippen LogP contribution in [0, 0.1) is 0 Å². The molecule has 1 aliphatic rings. The van der Waals surface area contributed by atoms with Crippen LogP contribution in [0.4, 0.5) is 13.2 Å². The summed E-state index contributed by atoms with van der Waals surface area (Å²) in [5.74, 6) is 0.448. The number of methoxy groups -OCH3 is 1. The maximum atomic E-state index is 12.9. The molecule has 2 N–H and O–H groups in total. The molecule has 30 heavy (non-hydrogen) atoms. The summed E-state index contributed by atoms with van der Waals surface area (Å²) in [5.41, 5.74) is 0.649. The van der Waals surface area contributed by atoms with E-state index in [2.05, 4.69) is 5.32 Å². The predicted octanol–water partition coefficient (Wildman–Crippen LogP) is 2.03. The first-order valence-electron chi connectivity index (χ1n) is 9.86. The van der Waals surface area contributed by atoms with Crippen molar-refractivity contribution in [2.75, 3.05) is 40.0 Å². The Hall–Kier alpha value is -2.58. The van der Waals surface area contributed by atoms with E-state index in [9.17, 15) is 18.0 Å². The fourth-order valence-electron chi connectivity index (χ4n) is 3.64. The maximum absolute atomic E-state index is 12.9. The molecule has 2 aromatic rings. The van der Waals surface area contributed by atoms with Crippen LogP contribution < -0.4 is 15.0 Å². The van der Waals surface area contributed by atoms with Crippen molar-refractivity contribution in [3.05, 3.63) is 65.2 Å². The van der Waals surface area contributed by atoms with Crippen molar-refractivity contribution in [2.45, 2.75) is 18.6 Å². The second-order valence-electron chi connectivity index (χ2n) is 7.28. The van der Waals surface area contributed by atoms with E-state index in [0.29, 0.717) is 25.3 Å². The smallest absolute Gasteiger partial charge is 0.416 e. The van der Waals surface area contributed by atoms with Crippen molar-refractivity contribution in [1.29, 1.82) is 0 Å². The number of amides is 1. The number of benzene rings is 2. The molecule has 0 saturated carbocycles. The van der Waals surface area contributed by atoms with Gasteiger partial charge in [0, 0.05) is 5.56 Å². The van der Waals surface area contributed by atoms with Crippen molar-refractivity contribution in [3.63, 3.8) is 0 Å². The molecule has 0 radical (unpaired) electrons. The molecular formula is C22H26F3N2O3+. The maximum Gasteiger partial charge on any atom is 0.416 e. The number of hydrogen-bond donors (Lipinski definition) is 2. The van der Waals surface area contributed by atoms with Gasteiger partial charge < -0.3 is 19.7 Å². The summed E-state index contributed by atoms with van der Waals surface area (Å²) in [6, 6.07) is 12.6. The van der Waals surface area contributed by atoms with Crippen molar-refractivity contribution < 1.29 is 32.3 Å². The lowest BCUT2D eigenvalue weighted by Gasteiger charge is -2.32. The average molecular weight is 423 g/mol. The van der Waals surface area contributed by atoms with Crippen molar-refractivity contribution in [3.8, 4) is 5.75 Å². The topological polar surface area (TPSA) is 52.0 Å². The number of hydrogen-bond acceptors (Lipinski definition) is 3. The number of nitrogens with one attached hydrogen (secondary N) is 2. The fourth-order valence-corrected chi connectivity index (χ4v) is 3.64. The quantitative estimate of drug-likeness (QED) is 0.717. The van der Waals surface area contributed by atoms with Crippen molar-refractivity contribution >= 4 is 5.91 Å². The summed E-state index contributed by atoms with van der Waals surface area (Å²) in [6.07, 6.45) is -4.52. The summed E-state index contributed by atoms with van der Waals surface area (Å²) in [6.45, 7) is 3.33. The molecule has 2 aromatic carbocycles. The van der Waals surface area contributed by atoms with Crippen LogP contribution in [0.15, 0.2) is 48.5 Å². The van der Waals surface area contributed by atoms with E-state index < -0.39 is 11.7 Å². The van der Waals surface area contributed by atoms with E-state index in [1.807, 2.05) is 24.3 Å². The van der Waals surface area contributed by atoms with Gasteiger partial charge in [-0.25, -0.2) is 0 Å². The molecule has 8 heteroatoms. The lowest BCUT2D eigenvalue weighted by atomic mass is 10.0. The number of rotatable bonds is 7. The van der Waals surface area contributed by atoms with Crippen molar-refractivity contribution in [1.82, 2.24) is 5.32 Å². The van der Waals surface area contributed by atoms with Crippen molar-refractivity contribution in [2.24, 2.45) is 0 Å². The SMILES string of the molecule is COc1ccc([C@@H](CNC(=O)Cc2cccc(C(F)(F)F)c2)[NH+]2CCOCC2)cc1. The molecule has 1 saturated heterocycles. The van der Waals surface area contributed by atoms with Gasteiger partial charge in [-0.3, -0.25) is 4.79 Å². The first kappa shape index (κ1) is 22.1. The van der Waals surface area contributed by atoms with E-state index in [-0.39, 0.29) is 18.4 Å². The Balaban J connectivity index is 1.66. The molecule has 3 rings (SSSR count). The molecule has 162 valence electrons. The van der Waals surface area contributed by atoms with Gasteiger partial charge >= 0.3 is 6.18 Å². The number of ether oxygens (including phenoxy) is 2. The number of carbonyl (C=O) groups is 1. The molecule has 1 heterocycles. The van der Waals surface area contributed by atoms with E-state index in [1.165, 1.54) is 17.0 Å². The van der Waals surface area contributed by atoms with Crippen LogP contribution in [0.25, 0.3) is 0 Å². The normalized spacial score (nSPS) is 16.1. The molecule has 1 fully saturated rings. The summed E-state index contributed by atoms with van der Waals surface area (Å²) in [7, 11) is 1.60. The third-order valence-electron chi connectivity index (χ3n) is 5.27. The zero-order chi connectivity index (χ0) is 21.6. The van der Waals surface area contributed by atoms with Gasteiger partial charge in [0.15, 0.2) is 0 Å². The highest BCUT2D eigenvalue weighted by Gasteiger charge is 2.30. The lowest BCUT2D eigenvalue weighted by Crippen LogP contribution is -3.15. The van der Waals surface area contributed by atoms with Gasteiger partial charge in [-0.15, -0.1) is 0 Å². The first-order valence-corrected chi connectivity index (χ1v) is 9.86. The molecule has 5 nitrogen and oxygen atoms in total. The van der Waals surface area contributed by atoms with Crippen LogP contribution >= 0.6 is 0 Å². The minimum absolute atomic E-state index is 0.0188. The number of alkyl halides is 3. The summed E-state index contributed by atoms with van der Waals surface area (Å²) in [4.78, 5) is 13.7. The molecule has 1 atom stereocenters. The Labute approximate surface area is 173 Å². The Morgan fingerprint density at radius 1 is 1.17 bits per heavy atom. The Kier molecular flexibility index (Phi) is 7.33. The predicted molar refractivity (Wildman–Crippen MR) is 105 cm³/mol. The monoisotopic (exact) mass is 423 g/mol. The Morgan fingerprint density at radius 3 is 2.50 bits per heavy atom. The van der Waals surface area contributed by atoms with Crippen LogP contribution in [0.1, 0.15) is 22.7 Å². The number of carbonyl (C=O) groups excluding carboxylic acids is 1. The molecule has 0 aromatic heterocycles. The molecule has 1 aliphatic heterocycles. The van der Waals surface area contributed by atoms with E-state index in [0.717, 1.165) is 36.5 Å².